The normalized spacial score (nSPS) is 12.5. The standard InChI is InChI=1S/C20H18N4O3S2/c1-12(25)24-7-6-13-9-14(4-5-16(13)24)21-18(26)10-15-11-29-20(22-15)23-19(27)17-3-2-8-28-17/h2-5,8-9,11H,6-7,10H2,1H3,(H,21,26)(H,22,23,27). The first kappa shape index (κ1) is 19.3. The number of hydrogen-bond acceptors (Lipinski definition) is 6. The van der Waals surface area contributed by atoms with E-state index < -0.39 is 0 Å². The van der Waals surface area contributed by atoms with Gasteiger partial charge >= 0.3 is 0 Å². The van der Waals surface area contributed by atoms with Crippen LogP contribution in [0.2, 0.25) is 0 Å². The number of benzene rings is 1. The number of hydrogen-bond donors (Lipinski definition) is 2. The number of aromatic nitrogens is 1. The van der Waals surface area contributed by atoms with Crippen molar-refractivity contribution in [2.24, 2.45) is 0 Å². The van der Waals surface area contributed by atoms with E-state index in [1.54, 1.807) is 29.3 Å². The van der Waals surface area contributed by atoms with Gasteiger partial charge in [-0.15, -0.1) is 22.7 Å². The highest BCUT2D eigenvalue weighted by atomic mass is 32.1. The van der Waals surface area contributed by atoms with Gasteiger partial charge in [0, 0.05) is 30.2 Å². The zero-order valence-electron chi connectivity index (χ0n) is 15.6. The number of carbonyl (C=O) groups excluding carboxylic acids is 3. The Hall–Kier alpha value is -3.04. The fourth-order valence-electron chi connectivity index (χ4n) is 3.19. The first-order valence-electron chi connectivity index (χ1n) is 9.00. The van der Waals surface area contributed by atoms with Crippen molar-refractivity contribution in [3.63, 3.8) is 0 Å². The average Bonchev–Trinajstić information content (AvgIpc) is 3.42. The largest absolute Gasteiger partial charge is 0.326 e. The van der Waals surface area contributed by atoms with Gasteiger partial charge in [-0.3, -0.25) is 19.7 Å². The van der Waals surface area contributed by atoms with E-state index in [0.717, 1.165) is 17.7 Å². The Morgan fingerprint density at radius 1 is 1.17 bits per heavy atom. The summed E-state index contributed by atoms with van der Waals surface area (Å²) in [5.74, 6) is -0.373. The molecule has 0 radical (unpaired) electrons. The molecule has 29 heavy (non-hydrogen) atoms. The van der Waals surface area contributed by atoms with Gasteiger partial charge in [0.2, 0.25) is 11.8 Å². The number of fused-ring (bicyclic) bond motifs is 1. The number of anilines is 3. The van der Waals surface area contributed by atoms with Gasteiger partial charge in [-0.25, -0.2) is 4.98 Å². The molecule has 3 amide bonds. The topological polar surface area (TPSA) is 91.4 Å². The van der Waals surface area contributed by atoms with Crippen LogP contribution in [0.1, 0.15) is 27.9 Å². The van der Waals surface area contributed by atoms with Crippen molar-refractivity contribution < 1.29 is 14.4 Å². The molecule has 0 bridgehead atoms. The van der Waals surface area contributed by atoms with E-state index in [-0.39, 0.29) is 24.1 Å². The van der Waals surface area contributed by atoms with Gasteiger partial charge in [0.05, 0.1) is 17.0 Å². The Bertz CT molecular complexity index is 1080. The fourth-order valence-corrected chi connectivity index (χ4v) is 4.51. The molecule has 0 unspecified atom stereocenters. The smallest absolute Gasteiger partial charge is 0.267 e. The molecule has 1 aliphatic heterocycles. The zero-order valence-corrected chi connectivity index (χ0v) is 17.2. The summed E-state index contributed by atoms with van der Waals surface area (Å²) in [4.78, 5) is 42.7. The molecule has 1 aromatic carbocycles. The summed E-state index contributed by atoms with van der Waals surface area (Å²) in [5, 5.41) is 9.68. The summed E-state index contributed by atoms with van der Waals surface area (Å²) in [7, 11) is 0. The van der Waals surface area contributed by atoms with E-state index >= 15 is 0 Å². The molecular formula is C20H18N4O3S2. The summed E-state index contributed by atoms with van der Waals surface area (Å²) in [5.41, 5.74) is 3.24. The number of carbonyl (C=O) groups is 3. The molecule has 7 nitrogen and oxygen atoms in total. The maximum absolute atomic E-state index is 12.4. The third-order valence-electron chi connectivity index (χ3n) is 4.50. The first-order valence-corrected chi connectivity index (χ1v) is 10.8. The predicted octanol–water partition coefficient (Wildman–Crippen LogP) is 3.55. The zero-order chi connectivity index (χ0) is 20.4. The number of nitrogens with zero attached hydrogens (tertiary/aromatic N) is 2. The Labute approximate surface area is 175 Å². The molecule has 3 heterocycles. The highest BCUT2D eigenvalue weighted by Crippen LogP contribution is 2.30. The minimum Gasteiger partial charge on any atom is -0.326 e. The molecule has 0 atom stereocenters. The highest BCUT2D eigenvalue weighted by Gasteiger charge is 2.22. The van der Waals surface area contributed by atoms with Crippen molar-refractivity contribution in [3.05, 3.63) is 57.2 Å². The molecule has 1 aliphatic rings. The van der Waals surface area contributed by atoms with E-state index in [4.69, 9.17) is 0 Å². The van der Waals surface area contributed by atoms with Crippen LogP contribution in [0.4, 0.5) is 16.5 Å². The molecule has 2 N–H and O–H groups in total. The molecule has 0 spiro atoms. The van der Waals surface area contributed by atoms with Gasteiger partial charge in [0.1, 0.15) is 0 Å². The van der Waals surface area contributed by atoms with Crippen LogP contribution < -0.4 is 15.5 Å². The van der Waals surface area contributed by atoms with Gasteiger partial charge in [-0.2, -0.15) is 0 Å². The number of nitrogens with one attached hydrogen (secondary N) is 2. The maximum atomic E-state index is 12.4. The van der Waals surface area contributed by atoms with E-state index in [1.807, 2.05) is 23.6 Å². The molecule has 3 aromatic rings. The number of thiazole rings is 1. The van der Waals surface area contributed by atoms with Crippen molar-refractivity contribution in [1.82, 2.24) is 4.98 Å². The van der Waals surface area contributed by atoms with E-state index in [0.29, 0.717) is 27.9 Å². The monoisotopic (exact) mass is 426 g/mol. The average molecular weight is 427 g/mol. The number of amides is 3. The van der Waals surface area contributed by atoms with Crippen molar-refractivity contribution in [2.75, 3.05) is 22.1 Å². The molecule has 9 heteroatoms. The van der Waals surface area contributed by atoms with Crippen molar-refractivity contribution in [1.29, 1.82) is 0 Å². The molecule has 0 fully saturated rings. The Balaban J connectivity index is 1.35. The summed E-state index contributed by atoms with van der Waals surface area (Å²) < 4.78 is 0. The molecule has 0 saturated carbocycles. The third kappa shape index (κ3) is 4.36. The lowest BCUT2D eigenvalue weighted by atomic mass is 10.1. The summed E-state index contributed by atoms with van der Waals surface area (Å²) in [6.45, 7) is 2.22. The second kappa shape index (κ2) is 8.14. The maximum Gasteiger partial charge on any atom is 0.267 e. The van der Waals surface area contributed by atoms with Crippen LogP contribution in [0, 0.1) is 0 Å². The van der Waals surface area contributed by atoms with Crippen LogP contribution >= 0.6 is 22.7 Å². The Morgan fingerprint density at radius 2 is 2.03 bits per heavy atom. The lowest BCUT2D eigenvalue weighted by Crippen LogP contribution is -2.25. The van der Waals surface area contributed by atoms with Crippen LogP contribution in [0.3, 0.4) is 0 Å². The van der Waals surface area contributed by atoms with Crippen LogP contribution in [0.5, 0.6) is 0 Å². The summed E-state index contributed by atoms with van der Waals surface area (Å²) in [6.07, 6.45) is 0.889. The van der Waals surface area contributed by atoms with E-state index in [2.05, 4.69) is 15.6 Å². The third-order valence-corrected chi connectivity index (χ3v) is 6.17. The summed E-state index contributed by atoms with van der Waals surface area (Å²) >= 11 is 2.64. The van der Waals surface area contributed by atoms with Crippen molar-refractivity contribution in [3.8, 4) is 0 Å². The van der Waals surface area contributed by atoms with Crippen LogP contribution in [0.25, 0.3) is 0 Å². The fraction of sp³-hybridized carbons (Fsp3) is 0.200. The second-order valence-electron chi connectivity index (χ2n) is 6.56. The van der Waals surface area contributed by atoms with Gasteiger partial charge in [0.25, 0.3) is 5.91 Å². The Morgan fingerprint density at radius 3 is 2.79 bits per heavy atom. The van der Waals surface area contributed by atoms with Gasteiger partial charge in [-0.1, -0.05) is 6.07 Å². The Kier molecular flexibility index (Phi) is 5.41. The van der Waals surface area contributed by atoms with Crippen molar-refractivity contribution in [2.45, 2.75) is 19.8 Å². The van der Waals surface area contributed by atoms with Crippen LogP contribution in [0.15, 0.2) is 41.1 Å². The van der Waals surface area contributed by atoms with Crippen molar-refractivity contribution >= 4 is 56.9 Å². The minimum absolute atomic E-state index is 0.0195. The minimum atomic E-state index is -0.205. The first-order chi connectivity index (χ1) is 14.0. The highest BCUT2D eigenvalue weighted by molar-refractivity contribution is 7.14. The van der Waals surface area contributed by atoms with Gasteiger partial charge in [0.15, 0.2) is 5.13 Å². The second-order valence-corrected chi connectivity index (χ2v) is 8.37. The lowest BCUT2D eigenvalue weighted by Gasteiger charge is -2.15. The van der Waals surface area contributed by atoms with Crippen LogP contribution in [-0.4, -0.2) is 29.3 Å². The lowest BCUT2D eigenvalue weighted by molar-refractivity contribution is -0.117. The van der Waals surface area contributed by atoms with E-state index in [9.17, 15) is 14.4 Å². The van der Waals surface area contributed by atoms with Gasteiger partial charge in [-0.05, 0) is 41.6 Å². The molecule has 0 aliphatic carbocycles. The van der Waals surface area contributed by atoms with E-state index in [1.165, 1.54) is 22.7 Å². The summed E-state index contributed by atoms with van der Waals surface area (Å²) in [6, 6.07) is 9.12. The molecule has 0 saturated heterocycles. The molecule has 4 rings (SSSR count). The van der Waals surface area contributed by atoms with Gasteiger partial charge < -0.3 is 10.2 Å². The predicted molar refractivity (Wildman–Crippen MR) is 115 cm³/mol. The molecular weight excluding hydrogens is 408 g/mol. The quantitative estimate of drug-likeness (QED) is 0.653. The SMILES string of the molecule is CC(=O)N1CCc2cc(NC(=O)Cc3csc(NC(=O)c4cccs4)n3)ccc21. The number of rotatable bonds is 5. The molecule has 148 valence electrons. The number of thiophene rings is 1. The molecule has 2 aromatic heterocycles. The van der Waals surface area contributed by atoms with Crippen LogP contribution in [-0.2, 0) is 22.4 Å².